The zero-order valence-corrected chi connectivity index (χ0v) is 13.6. The number of aryl methyl sites for hydroxylation is 2. The molecule has 1 aliphatic rings. The molecule has 23 heavy (non-hydrogen) atoms. The Labute approximate surface area is 135 Å². The number of anilines is 2. The number of hydrogen-bond acceptors (Lipinski definition) is 3. The SMILES string of the molecule is CCc1ccc(NS(=O)(=O)c2ccc3c(c2)CCC(=O)N3)cc1. The first-order valence-corrected chi connectivity index (χ1v) is 9.01. The van der Waals surface area contributed by atoms with E-state index in [-0.39, 0.29) is 10.8 Å². The third-order valence-corrected chi connectivity index (χ3v) is 5.28. The van der Waals surface area contributed by atoms with E-state index in [1.165, 1.54) is 6.07 Å². The summed E-state index contributed by atoms with van der Waals surface area (Å²) >= 11 is 0. The molecular formula is C17H18N2O3S. The molecule has 0 saturated carbocycles. The molecule has 1 aliphatic heterocycles. The second kappa shape index (κ2) is 6.04. The van der Waals surface area contributed by atoms with E-state index in [2.05, 4.69) is 10.0 Å². The second-order valence-electron chi connectivity index (χ2n) is 5.52. The predicted molar refractivity (Wildman–Crippen MR) is 90.0 cm³/mol. The molecular weight excluding hydrogens is 312 g/mol. The summed E-state index contributed by atoms with van der Waals surface area (Å²) in [5.74, 6) is -0.0396. The van der Waals surface area contributed by atoms with Gasteiger partial charge >= 0.3 is 0 Å². The van der Waals surface area contributed by atoms with E-state index in [1.54, 1.807) is 24.3 Å². The highest BCUT2D eigenvalue weighted by atomic mass is 32.2. The molecule has 0 aliphatic carbocycles. The van der Waals surface area contributed by atoms with E-state index in [4.69, 9.17) is 0 Å². The Morgan fingerprint density at radius 1 is 1.09 bits per heavy atom. The van der Waals surface area contributed by atoms with Crippen molar-refractivity contribution in [2.24, 2.45) is 0 Å². The first-order valence-electron chi connectivity index (χ1n) is 7.52. The normalized spacial score (nSPS) is 14.0. The Kier molecular flexibility index (Phi) is 4.09. The lowest BCUT2D eigenvalue weighted by Gasteiger charge is -2.18. The van der Waals surface area contributed by atoms with Crippen molar-refractivity contribution < 1.29 is 13.2 Å². The number of hydrogen-bond donors (Lipinski definition) is 2. The summed E-state index contributed by atoms with van der Waals surface area (Å²) in [4.78, 5) is 11.6. The van der Waals surface area contributed by atoms with E-state index in [0.717, 1.165) is 17.5 Å². The van der Waals surface area contributed by atoms with E-state index in [0.29, 0.717) is 24.2 Å². The van der Waals surface area contributed by atoms with E-state index in [9.17, 15) is 13.2 Å². The molecule has 0 fully saturated rings. The zero-order chi connectivity index (χ0) is 16.4. The maximum Gasteiger partial charge on any atom is 0.261 e. The minimum atomic E-state index is -3.64. The molecule has 0 aromatic heterocycles. The van der Waals surface area contributed by atoms with Gasteiger partial charge in [-0.1, -0.05) is 19.1 Å². The Hall–Kier alpha value is -2.34. The summed E-state index contributed by atoms with van der Waals surface area (Å²) in [7, 11) is -3.64. The molecule has 3 rings (SSSR count). The van der Waals surface area contributed by atoms with Gasteiger partial charge in [-0.2, -0.15) is 0 Å². The summed E-state index contributed by atoms with van der Waals surface area (Å²) < 4.78 is 27.6. The molecule has 0 bridgehead atoms. The van der Waals surface area contributed by atoms with E-state index < -0.39 is 10.0 Å². The monoisotopic (exact) mass is 330 g/mol. The van der Waals surface area contributed by atoms with Crippen LogP contribution in [0.25, 0.3) is 0 Å². The van der Waals surface area contributed by atoms with E-state index in [1.807, 2.05) is 19.1 Å². The van der Waals surface area contributed by atoms with Crippen molar-refractivity contribution in [3.05, 3.63) is 53.6 Å². The molecule has 120 valence electrons. The van der Waals surface area contributed by atoms with Crippen LogP contribution in [0.2, 0.25) is 0 Å². The minimum absolute atomic E-state index is 0.0396. The lowest BCUT2D eigenvalue weighted by Crippen LogP contribution is -2.20. The van der Waals surface area contributed by atoms with Crippen LogP contribution in [0, 0.1) is 0 Å². The lowest BCUT2D eigenvalue weighted by atomic mass is 10.0. The minimum Gasteiger partial charge on any atom is -0.326 e. The second-order valence-corrected chi connectivity index (χ2v) is 7.21. The fraction of sp³-hybridized carbons (Fsp3) is 0.235. The molecule has 0 radical (unpaired) electrons. The van der Waals surface area contributed by atoms with Gasteiger partial charge in [0.1, 0.15) is 0 Å². The van der Waals surface area contributed by atoms with E-state index >= 15 is 0 Å². The van der Waals surface area contributed by atoms with Crippen molar-refractivity contribution in [3.63, 3.8) is 0 Å². The quantitative estimate of drug-likeness (QED) is 0.905. The molecule has 0 spiro atoms. The van der Waals surface area contributed by atoms with Crippen LogP contribution >= 0.6 is 0 Å². The van der Waals surface area contributed by atoms with Crippen LogP contribution in [0.1, 0.15) is 24.5 Å². The van der Waals surface area contributed by atoms with Gasteiger partial charge in [0.2, 0.25) is 5.91 Å². The average Bonchev–Trinajstić information content (AvgIpc) is 2.54. The third-order valence-electron chi connectivity index (χ3n) is 3.90. The summed E-state index contributed by atoms with van der Waals surface area (Å²) in [6.45, 7) is 2.05. The van der Waals surface area contributed by atoms with Crippen molar-refractivity contribution in [1.82, 2.24) is 0 Å². The van der Waals surface area contributed by atoms with Crippen molar-refractivity contribution in [2.45, 2.75) is 31.1 Å². The number of amides is 1. The lowest BCUT2D eigenvalue weighted by molar-refractivity contribution is -0.116. The molecule has 0 unspecified atom stereocenters. The Bertz CT molecular complexity index is 843. The maximum atomic E-state index is 12.5. The van der Waals surface area contributed by atoms with Gasteiger partial charge in [0.05, 0.1) is 4.90 Å². The fourth-order valence-electron chi connectivity index (χ4n) is 2.55. The first kappa shape index (κ1) is 15.6. The van der Waals surface area contributed by atoms with Crippen molar-refractivity contribution >= 4 is 27.3 Å². The van der Waals surface area contributed by atoms with Gasteiger partial charge in [-0.25, -0.2) is 8.42 Å². The molecule has 1 heterocycles. The van der Waals surface area contributed by atoms with Gasteiger partial charge in [0, 0.05) is 17.8 Å². The van der Waals surface area contributed by atoms with Crippen molar-refractivity contribution in [3.8, 4) is 0 Å². The summed E-state index contributed by atoms with van der Waals surface area (Å²) in [6, 6.07) is 12.1. The van der Waals surface area contributed by atoms with Crippen molar-refractivity contribution in [2.75, 3.05) is 10.0 Å². The van der Waals surface area contributed by atoms with Crippen LogP contribution in [-0.4, -0.2) is 14.3 Å². The number of nitrogens with one attached hydrogen (secondary N) is 2. The van der Waals surface area contributed by atoms with Gasteiger partial charge < -0.3 is 5.32 Å². The van der Waals surface area contributed by atoms with Crippen LogP contribution in [0.4, 0.5) is 11.4 Å². The van der Waals surface area contributed by atoms with Crippen LogP contribution < -0.4 is 10.0 Å². The standard InChI is InChI=1S/C17H18N2O3S/c1-2-12-3-6-14(7-4-12)19-23(21,22)15-8-9-16-13(11-15)5-10-17(20)18-16/h3-4,6-9,11,19H,2,5,10H2,1H3,(H,18,20). The van der Waals surface area contributed by atoms with Crippen LogP contribution in [0.5, 0.6) is 0 Å². The molecule has 1 amide bonds. The average molecular weight is 330 g/mol. The third kappa shape index (κ3) is 3.37. The zero-order valence-electron chi connectivity index (χ0n) is 12.8. The smallest absolute Gasteiger partial charge is 0.261 e. The molecule has 2 N–H and O–H groups in total. The molecule has 6 heteroatoms. The predicted octanol–water partition coefficient (Wildman–Crippen LogP) is 2.93. The number of benzene rings is 2. The van der Waals surface area contributed by atoms with Crippen LogP contribution in [-0.2, 0) is 27.7 Å². The summed E-state index contributed by atoms with van der Waals surface area (Å²) in [5, 5.41) is 2.75. The highest BCUT2D eigenvalue weighted by Crippen LogP contribution is 2.26. The largest absolute Gasteiger partial charge is 0.326 e. The van der Waals surface area contributed by atoms with Crippen LogP contribution in [0.15, 0.2) is 47.4 Å². The molecule has 0 atom stereocenters. The van der Waals surface area contributed by atoms with Gasteiger partial charge in [-0.3, -0.25) is 9.52 Å². The Balaban J connectivity index is 1.85. The maximum absolute atomic E-state index is 12.5. The highest BCUT2D eigenvalue weighted by molar-refractivity contribution is 7.92. The molecule has 5 nitrogen and oxygen atoms in total. The molecule has 0 saturated heterocycles. The van der Waals surface area contributed by atoms with Gasteiger partial charge in [-0.15, -0.1) is 0 Å². The topological polar surface area (TPSA) is 75.3 Å². The first-order chi connectivity index (χ1) is 11.0. The fourth-order valence-corrected chi connectivity index (χ4v) is 3.66. The number of fused-ring (bicyclic) bond motifs is 1. The molecule has 2 aromatic rings. The number of rotatable bonds is 4. The van der Waals surface area contributed by atoms with Gasteiger partial charge in [0.15, 0.2) is 0 Å². The number of carbonyl (C=O) groups excluding carboxylic acids is 1. The number of carbonyl (C=O) groups is 1. The number of sulfonamides is 1. The summed E-state index contributed by atoms with van der Waals surface area (Å²) in [5.41, 5.74) is 3.21. The van der Waals surface area contributed by atoms with Gasteiger partial charge in [0.25, 0.3) is 10.0 Å². The Morgan fingerprint density at radius 3 is 2.52 bits per heavy atom. The van der Waals surface area contributed by atoms with Gasteiger partial charge in [-0.05, 0) is 54.3 Å². The molecule has 2 aromatic carbocycles. The Morgan fingerprint density at radius 2 is 1.83 bits per heavy atom. The summed E-state index contributed by atoms with van der Waals surface area (Å²) in [6.07, 6.45) is 1.84. The highest BCUT2D eigenvalue weighted by Gasteiger charge is 2.20. The van der Waals surface area contributed by atoms with Crippen molar-refractivity contribution in [1.29, 1.82) is 0 Å². The van der Waals surface area contributed by atoms with Crippen LogP contribution in [0.3, 0.4) is 0 Å².